The van der Waals surface area contributed by atoms with Crippen LogP contribution in [0.4, 0.5) is 0 Å². The Hall–Kier alpha value is -2.25. The van der Waals surface area contributed by atoms with Crippen LogP contribution in [0.15, 0.2) is 0 Å². The first kappa shape index (κ1) is 17.8. The van der Waals surface area contributed by atoms with Gasteiger partial charge >= 0.3 is 17.9 Å². The third-order valence-electron chi connectivity index (χ3n) is 2.37. The number of Topliss-reactive ketones (excluding diaryl/α,β-unsaturated/α-hetero) is 2. The largest absolute Gasteiger partial charge is 0.481 e. The summed E-state index contributed by atoms with van der Waals surface area (Å²) in [6.45, 7) is 2.27. The number of methoxy groups -OCH3 is 1. The Morgan fingerprint density at radius 2 is 1.70 bits per heavy atom. The monoisotopic (exact) mass is 288 g/mol. The van der Waals surface area contributed by atoms with Crippen LogP contribution in [0.25, 0.3) is 0 Å². The molecule has 0 aliphatic rings. The zero-order valence-electron chi connectivity index (χ0n) is 11.4. The van der Waals surface area contributed by atoms with Crippen LogP contribution in [0, 0.1) is 5.92 Å². The maximum atomic E-state index is 11.9. The maximum Gasteiger partial charge on any atom is 0.316 e. The lowest BCUT2D eigenvalue weighted by Crippen LogP contribution is -2.36. The molecule has 2 unspecified atom stereocenters. The highest BCUT2D eigenvalue weighted by Crippen LogP contribution is 2.12. The van der Waals surface area contributed by atoms with Crippen molar-refractivity contribution in [1.82, 2.24) is 0 Å². The second-order valence-electron chi connectivity index (χ2n) is 4.06. The molecule has 0 saturated heterocycles. The number of carboxylic acids is 1. The number of carbonyl (C=O) groups is 5. The van der Waals surface area contributed by atoms with Crippen molar-refractivity contribution in [3.8, 4) is 0 Å². The Kier molecular flexibility index (Phi) is 7.12. The average molecular weight is 288 g/mol. The van der Waals surface area contributed by atoms with Crippen molar-refractivity contribution < 1.29 is 38.6 Å². The van der Waals surface area contributed by atoms with Crippen LogP contribution in [-0.2, 0) is 33.4 Å². The molecule has 8 heteroatoms. The Bertz CT molecular complexity index is 425. The molecule has 1 N–H and O–H groups in total. The van der Waals surface area contributed by atoms with E-state index in [1.54, 1.807) is 0 Å². The molecule has 0 radical (unpaired) electrons. The summed E-state index contributed by atoms with van der Waals surface area (Å²) < 4.78 is 9.05. The summed E-state index contributed by atoms with van der Waals surface area (Å²) in [6, 6.07) is 0. The van der Waals surface area contributed by atoms with E-state index in [0.29, 0.717) is 0 Å². The minimum Gasteiger partial charge on any atom is -0.481 e. The molecule has 0 aromatic rings. The minimum atomic E-state index is -1.49. The number of esters is 2. The van der Waals surface area contributed by atoms with Crippen molar-refractivity contribution in [2.45, 2.75) is 32.8 Å². The molecule has 0 aromatic heterocycles. The lowest BCUT2D eigenvalue weighted by molar-refractivity contribution is -0.161. The van der Waals surface area contributed by atoms with E-state index in [0.717, 1.165) is 14.0 Å². The zero-order valence-corrected chi connectivity index (χ0v) is 11.4. The molecule has 2 atom stereocenters. The van der Waals surface area contributed by atoms with E-state index in [2.05, 4.69) is 9.47 Å². The van der Waals surface area contributed by atoms with Gasteiger partial charge in [-0.2, -0.15) is 0 Å². The van der Waals surface area contributed by atoms with Crippen LogP contribution in [-0.4, -0.2) is 47.8 Å². The summed E-state index contributed by atoms with van der Waals surface area (Å²) in [6.07, 6.45) is -2.88. The van der Waals surface area contributed by atoms with Gasteiger partial charge in [-0.1, -0.05) is 0 Å². The summed E-state index contributed by atoms with van der Waals surface area (Å²) in [5, 5.41) is 8.47. The molecule has 0 spiro atoms. The van der Waals surface area contributed by atoms with Gasteiger partial charge in [-0.15, -0.1) is 0 Å². The fourth-order valence-electron chi connectivity index (χ4n) is 1.42. The number of hydrogen-bond acceptors (Lipinski definition) is 7. The Labute approximate surface area is 115 Å². The number of carbonyl (C=O) groups excluding carboxylic acids is 4. The van der Waals surface area contributed by atoms with E-state index >= 15 is 0 Å². The van der Waals surface area contributed by atoms with Crippen LogP contribution in [0.1, 0.15) is 26.7 Å². The first-order chi connectivity index (χ1) is 9.18. The van der Waals surface area contributed by atoms with E-state index in [1.165, 1.54) is 6.92 Å². The molecule has 112 valence electrons. The number of aliphatic carboxylic acids is 1. The summed E-state index contributed by atoms with van der Waals surface area (Å²) in [5.41, 5.74) is 0. The van der Waals surface area contributed by atoms with E-state index in [9.17, 15) is 24.0 Å². The van der Waals surface area contributed by atoms with Crippen LogP contribution in [0.2, 0.25) is 0 Å². The van der Waals surface area contributed by atoms with E-state index < -0.39 is 54.3 Å². The molecule has 0 bridgehead atoms. The molecule has 0 aliphatic heterocycles. The van der Waals surface area contributed by atoms with Gasteiger partial charge in [0.05, 0.1) is 13.5 Å². The lowest BCUT2D eigenvalue weighted by Gasteiger charge is -2.17. The predicted octanol–water partition coefficient (Wildman–Crippen LogP) is -0.270. The summed E-state index contributed by atoms with van der Waals surface area (Å²) in [5.74, 6) is -5.83. The second kappa shape index (κ2) is 8.03. The van der Waals surface area contributed by atoms with E-state index in [1.807, 2.05) is 0 Å². The van der Waals surface area contributed by atoms with Gasteiger partial charge in [-0.3, -0.25) is 24.0 Å². The fourth-order valence-corrected chi connectivity index (χ4v) is 1.42. The number of ketones is 2. The Morgan fingerprint density at radius 1 is 1.15 bits per heavy atom. The smallest absolute Gasteiger partial charge is 0.316 e. The Balaban J connectivity index is 4.91. The van der Waals surface area contributed by atoms with Gasteiger partial charge in [0.15, 0.2) is 11.9 Å². The molecular weight excluding hydrogens is 272 g/mol. The van der Waals surface area contributed by atoms with Crippen molar-refractivity contribution in [2.24, 2.45) is 5.92 Å². The highest BCUT2D eigenvalue weighted by atomic mass is 16.5. The molecule has 0 rings (SSSR count). The first-order valence-corrected chi connectivity index (χ1v) is 5.71. The van der Waals surface area contributed by atoms with Crippen molar-refractivity contribution in [2.75, 3.05) is 7.11 Å². The molecule has 0 saturated carbocycles. The molecular formula is C12H16O8. The Morgan fingerprint density at radius 3 is 2.10 bits per heavy atom. The highest BCUT2D eigenvalue weighted by Gasteiger charge is 2.33. The molecule has 0 fully saturated rings. The number of carboxylic acid groups (broad SMARTS) is 1. The van der Waals surface area contributed by atoms with Gasteiger partial charge in [-0.05, 0) is 6.92 Å². The molecule has 0 amide bonds. The van der Waals surface area contributed by atoms with Gasteiger partial charge in [-0.25, -0.2) is 0 Å². The number of rotatable bonds is 8. The van der Waals surface area contributed by atoms with E-state index in [-0.39, 0.29) is 0 Å². The lowest BCUT2D eigenvalue weighted by atomic mass is 9.97. The van der Waals surface area contributed by atoms with Gasteiger partial charge in [0.25, 0.3) is 0 Å². The topological polar surface area (TPSA) is 124 Å². The van der Waals surface area contributed by atoms with Gasteiger partial charge in [0.2, 0.25) is 0 Å². The van der Waals surface area contributed by atoms with Crippen molar-refractivity contribution in [1.29, 1.82) is 0 Å². The van der Waals surface area contributed by atoms with Gasteiger partial charge < -0.3 is 14.6 Å². The third-order valence-corrected chi connectivity index (χ3v) is 2.37. The van der Waals surface area contributed by atoms with Crippen LogP contribution in [0.3, 0.4) is 0 Å². The van der Waals surface area contributed by atoms with Gasteiger partial charge in [0, 0.05) is 6.92 Å². The fraction of sp³-hybridized carbons (Fsp3) is 0.583. The van der Waals surface area contributed by atoms with Crippen molar-refractivity contribution in [3.63, 3.8) is 0 Å². The average Bonchev–Trinajstić information content (AvgIpc) is 2.33. The van der Waals surface area contributed by atoms with Crippen molar-refractivity contribution >= 4 is 29.5 Å². The molecule has 8 nitrogen and oxygen atoms in total. The zero-order chi connectivity index (χ0) is 15.9. The summed E-state index contributed by atoms with van der Waals surface area (Å²) in [7, 11) is 1.09. The quantitative estimate of drug-likeness (QED) is 0.478. The minimum absolute atomic E-state index is 0.591. The van der Waals surface area contributed by atoms with Crippen LogP contribution in [0.5, 0.6) is 0 Å². The standard InChI is InChI=1S/C12H16O8/c1-6(12(18)19-3)11(17)9(20-7(2)13)4-8(14)5-10(15)16/h6,9H,4-5H2,1-3H3,(H,15,16). The third kappa shape index (κ3) is 6.07. The SMILES string of the molecule is COC(=O)C(C)C(=O)C(CC(=O)CC(=O)O)OC(C)=O. The summed E-state index contributed by atoms with van der Waals surface area (Å²) in [4.78, 5) is 55.8. The maximum absolute atomic E-state index is 11.9. The molecule has 0 aliphatic carbocycles. The predicted molar refractivity (Wildman–Crippen MR) is 63.6 cm³/mol. The van der Waals surface area contributed by atoms with Gasteiger partial charge in [0.1, 0.15) is 18.1 Å². The first-order valence-electron chi connectivity index (χ1n) is 5.71. The highest BCUT2D eigenvalue weighted by molar-refractivity contribution is 6.04. The molecule has 20 heavy (non-hydrogen) atoms. The normalized spacial score (nSPS) is 12.9. The summed E-state index contributed by atoms with van der Waals surface area (Å²) >= 11 is 0. The number of hydrogen-bond donors (Lipinski definition) is 1. The molecule has 0 heterocycles. The van der Waals surface area contributed by atoms with Crippen molar-refractivity contribution in [3.05, 3.63) is 0 Å². The van der Waals surface area contributed by atoms with Crippen LogP contribution >= 0.6 is 0 Å². The van der Waals surface area contributed by atoms with Crippen LogP contribution < -0.4 is 0 Å². The molecule has 0 aromatic carbocycles. The number of ether oxygens (including phenoxy) is 2. The second-order valence-corrected chi connectivity index (χ2v) is 4.06. The van der Waals surface area contributed by atoms with E-state index in [4.69, 9.17) is 5.11 Å².